The minimum Gasteiger partial charge on any atom is -0.860 e. The summed E-state index contributed by atoms with van der Waals surface area (Å²) >= 11 is 0. The first-order valence-corrected chi connectivity index (χ1v) is 6.09. The van der Waals surface area contributed by atoms with Crippen LogP contribution in [0.1, 0.15) is 5.56 Å². The van der Waals surface area contributed by atoms with Crippen molar-refractivity contribution in [1.29, 1.82) is 5.26 Å². The van der Waals surface area contributed by atoms with E-state index in [-0.39, 0.29) is 16.5 Å². The van der Waals surface area contributed by atoms with E-state index in [4.69, 9.17) is 5.26 Å². The maximum atomic E-state index is 11.8. The Bertz CT molecular complexity index is 570. The second-order valence-corrected chi connectivity index (χ2v) is 4.69. The highest BCUT2D eigenvalue weighted by molar-refractivity contribution is 7.92. The Morgan fingerprint density at radius 3 is 2.53 bits per heavy atom. The molecular formula is C12H9N2O2S-. The zero-order chi connectivity index (χ0) is 12.4. The normalized spacial score (nSPS) is 22.0. The molecule has 0 radical (unpaired) electrons. The second kappa shape index (κ2) is 4.44. The monoisotopic (exact) mass is 245 g/mol. The van der Waals surface area contributed by atoms with Crippen LogP contribution in [-0.2, 0) is 10.8 Å². The van der Waals surface area contributed by atoms with Crippen LogP contribution >= 0.6 is 0 Å². The minimum absolute atomic E-state index is 0.253. The van der Waals surface area contributed by atoms with Gasteiger partial charge in [-0.3, -0.25) is 0 Å². The number of nitrogens with zero attached hydrogens (tertiary/aromatic N) is 2. The lowest BCUT2D eigenvalue weighted by molar-refractivity contribution is -0.325. The first kappa shape index (κ1) is 11.4. The van der Waals surface area contributed by atoms with Crippen molar-refractivity contribution in [1.82, 2.24) is 4.90 Å². The lowest BCUT2D eigenvalue weighted by atomic mass is 10.1. The summed E-state index contributed by atoms with van der Waals surface area (Å²) < 4.78 is 11.8. The Morgan fingerprint density at radius 2 is 2.06 bits per heavy atom. The van der Waals surface area contributed by atoms with E-state index < -0.39 is 10.8 Å². The van der Waals surface area contributed by atoms with Gasteiger partial charge in [0.15, 0.2) is 0 Å². The fourth-order valence-electron chi connectivity index (χ4n) is 1.57. The number of benzene rings is 1. The lowest BCUT2D eigenvalue weighted by Crippen LogP contribution is -2.22. The molecule has 2 rings (SSSR count). The fourth-order valence-corrected chi connectivity index (χ4v) is 2.75. The molecule has 0 fully saturated rings. The van der Waals surface area contributed by atoms with Gasteiger partial charge in [-0.2, -0.15) is 5.26 Å². The van der Waals surface area contributed by atoms with Gasteiger partial charge in [0.25, 0.3) is 0 Å². The van der Waals surface area contributed by atoms with Crippen LogP contribution in [0.25, 0.3) is 5.57 Å². The number of nitriles is 1. The van der Waals surface area contributed by atoms with Crippen molar-refractivity contribution in [2.45, 2.75) is 0 Å². The van der Waals surface area contributed by atoms with Gasteiger partial charge in [-0.1, -0.05) is 30.3 Å². The molecule has 1 aliphatic rings. The lowest BCUT2D eigenvalue weighted by Gasteiger charge is -2.21. The van der Waals surface area contributed by atoms with Crippen LogP contribution in [0.15, 0.2) is 46.7 Å². The molecule has 17 heavy (non-hydrogen) atoms. The van der Waals surface area contributed by atoms with Gasteiger partial charge in [0.1, 0.15) is 11.1 Å². The molecule has 0 saturated heterocycles. The topological polar surface area (TPSA) is 67.2 Å². The molecule has 1 aliphatic heterocycles. The Balaban J connectivity index is 2.58. The average Bonchev–Trinajstić information content (AvgIpc) is 2.58. The molecule has 1 heterocycles. The molecule has 0 spiro atoms. The summed E-state index contributed by atoms with van der Waals surface area (Å²) in [7, 11) is -0.0295. The van der Waals surface area contributed by atoms with Gasteiger partial charge in [0, 0.05) is 12.5 Å². The summed E-state index contributed by atoms with van der Waals surface area (Å²) in [6.45, 7) is 0. The molecule has 5 heteroatoms. The quantitative estimate of drug-likeness (QED) is 0.684. The number of hydrogen-bond donors (Lipinski definition) is 0. The summed E-state index contributed by atoms with van der Waals surface area (Å²) in [6, 6.07) is 10.9. The van der Waals surface area contributed by atoms with Crippen LogP contribution in [-0.4, -0.2) is 16.2 Å². The molecule has 1 aromatic carbocycles. The molecule has 1 unspecified atom stereocenters. The first-order valence-electron chi connectivity index (χ1n) is 4.88. The van der Waals surface area contributed by atoms with E-state index in [0.717, 1.165) is 5.41 Å². The average molecular weight is 245 g/mol. The van der Waals surface area contributed by atoms with Crippen LogP contribution in [0, 0.1) is 11.3 Å². The zero-order valence-electron chi connectivity index (χ0n) is 9.08. The molecule has 0 aliphatic carbocycles. The van der Waals surface area contributed by atoms with E-state index in [1.807, 2.05) is 12.1 Å². The van der Waals surface area contributed by atoms with Crippen molar-refractivity contribution in [2.75, 3.05) is 7.05 Å². The molecular weight excluding hydrogens is 236 g/mol. The Hall–Kier alpha value is -2.06. The Morgan fingerprint density at radius 1 is 1.41 bits per heavy atom. The van der Waals surface area contributed by atoms with Crippen molar-refractivity contribution in [2.24, 2.45) is 0 Å². The Kier molecular flexibility index (Phi) is 2.98. The molecule has 1 atom stereocenters. The smallest absolute Gasteiger partial charge is 0.128 e. The largest absolute Gasteiger partial charge is 0.860 e. The van der Waals surface area contributed by atoms with Gasteiger partial charge in [-0.05, 0) is 11.4 Å². The second-order valence-electron chi connectivity index (χ2n) is 3.47. The van der Waals surface area contributed by atoms with Gasteiger partial charge >= 0.3 is 0 Å². The van der Waals surface area contributed by atoms with Crippen molar-refractivity contribution in [3.05, 3.63) is 52.2 Å². The maximum Gasteiger partial charge on any atom is 0.128 e. The summed E-state index contributed by atoms with van der Waals surface area (Å²) in [5.41, 5.74) is 0.932. The third-order valence-electron chi connectivity index (χ3n) is 2.42. The van der Waals surface area contributed by atoms with Crippen LogP contribution in [0.3, 0.4) is 0 Å². The highest BCUT2D eigenvalue weighted by Gasteiger charge is 2.23. The number of allylic oxidation sites excluding steroid dienone is 1. The summed E-state index contributed by atoms with van der Waals surface area (Å²) in [4.78, 5) is 1.25. The predicted octanol–water partition coefficient (Wildman–Crippen LogP) is 0.732. The van der Waals surface area contributed by atoms with Gasteiger partial charge in [-0.25, -0.2) is 4.21 Å². The van der Waals surface area contributed by atoms with Gasteiger partial charge in [-0.15, -0.1) is 0 Å². The van der Waals surface area contributed by atoms with Crippen LogP contribution in [0.2, 0.25) is 0 Å². The predicted molar refractivity (Wildman–Crippen MR) is 63.0 cm³/mol. The number of hydrogen-bond acceptors (Lipinski definition) is 4. The highest BCUT2D eigenvalue weighted by Crippen LogP contribution is 2.28. The van der Waals surface area contributed by atoms with E-state index >= 15 is 0 Å². The van der Waals surface area contributed by atoms with Crippen molar-refractivity contribution in [3.63, 3.8) is 0 Å². The molecule has 0 N–H and O–H groups in total. The molecule has 0 saturated carbocycles. The van der Waals surface area contributed by atoms with Crippen molar-refractivity contribution in [3.8, 4) is 6.07 Å². The van der Waals surface area contributed by atoms with Crippen molar-refractivity contribution < 1.29 is 9.32 Å². The third-order valence-corrected chi connectivity index (χ3v) is 3.70. The molecule has 0 bridgehead atoms. The van der Waals surface area contributed by atoms with Gasteiger partial charge < -0.3 is 10.0 Å². The van der Waals surface area contributed by atoms with Crippen molar-refractivity contribution >= 4 is 16.4 Å². The van der Waals surface area contributed by atoms with Crippen LogP contribution in [0.4, 0.5) is 0 Å². The third kappa shape index (κ3) is 1.95. The van der Waals surface area contributed by atoms with Gasteiger partial charge in [0.05, 0.1) is 16.4 Å². The van der Waals surface area contributed by atoms with E-state index in [2.05, 4.69) is 0 Å². The maximum absolute atomic E-state index is 11.8. The summed E-state index contributed by atoms with van der Waals surface area (Å²) in [5, 5.41) is 21.9. The molecule has 86 valence electrons. The van der Waals surface area contributed by atoms with Gasteiger partial charge in [0.2, 0.25) is 0 Å². The van der Waals surface area contributed by atoms with Crippen LogP contribution < -0.4 is 5.11 Å². The fraction of sp³-hybridized carbons (Fsp3) is 0.0833. The van der Waals surface area contributed by atoms with Crippen LogP contribution in [0.5, 0.6) is 0 Å². The molecule has 4 nitrogen and oxygen atoms in total. The minimum atomic E-state index is -1.54. The number of rotatable bonds is 1. The van der Waals surface area contributed by atoms with E-state index in [1.54, 1.807) is 24.3 Å². The van der Waals surface area contributed by atoms with E-state index in [9.17, 15) is 9.32 Å². The summed E-state index contributed by atoms with van der Waals surface area (Å²) in [5.74, 6) is -0.345. The highest BCUT2D eigenvalue weighted by atomic mass is 32.2. The summed E-state index contributed by atoms with van der Waals surface area (Å²) in [6.07, 6.45) is 0. The Labute approximate surface area is 102 Å². The van der Waals surface area contributed by atoms with E-state index in [1.165, 1.54) is 11.9 Å². The molecule has 0 aromatic heterocycles. The van der Waals surface area contributed by atoms with E-state index in [0.29, 0.717) is 5.56 Å². The first-order chi connectivity index (χ1) is 8.15. The zero-order valence-corrected chi connectivity index (χ0v) is 9.90. The molecule has 1 aromatic rings. The molecule has 0 amide bonds. The SMILES string of the molecule is CN1C([O-])=CS(=O)/C1=C(/C#N)c1ccccc1. The standard InChI is InChI=1S/C12H10N2O2S/c1-14-11(15)8-17(16)12(14)10(7-13)9-5-3-2-4-6-9/h2-6,8,15H,1H3/p-1/b12-10-.